The molecule has 1 unspecified atom stereocenters. The van der Waals surface area contributed by atoms with Gasteiger partial charge >= 0.3 is 5.97 Å². The fraction of sp³-hybridized carbons (Fsp3) is 0.520. The molecule has 0 fully saturated rings. The Morgan fingerprint density at radius 3 is 2.81 bits per heavy atom. The summed E-state index contributed by atoms with van der Waals surface area (Å²) in [6.07, 6.45) is 5.89. The average molecular weight is 441 g/mol. The molecule has 3 N–H and O–H groups in total. The summed E-state index contributed by atoms with van der Waals surface area (Å²) >= 11 is 0. The smallest absolute Gasteiger partial charge is 0.320 e. The molecule has 0 aliphatic carbocycles. The molecule has 174 valence electrons. The maximum absolute atomic E-state index is 11.3. The molecule has 1 aromatic carbocycles. The fourth-order valence-electron chi connectivity index (χ4n) is 4.00. The van der Waals surface area contributed by atoms with Crippen molar-refractivity contribution in [1.82, 2.24) is 15.2 Å². The highest BCUT2D eigenvalue weighted by Gasteiger charge is 2.16. The Kier molecular flexibility index (Phi) is 9.78. The van der Waals surface area contributed by atoms with Crippen molar-refractivity contribution < 1.29 is 14.6 Å². The largest absolute Gasteiger partial charge is 0.492 e. The Hall–Kier alpha value is -2.64. The summed E-state index contributed by atoms with van der Waals surface area (Å²) < 4.78 is 5.85. The number of ether oxygens (including phenoxy) is 1. The lowest BCUT2D eigenvalue weighted by Gasteiger charge is -2.24. The van der Waals surface area contributed by atoms with Gasteiger partial charge in [-0.25, -0.2) is 4.98 Å². The number of anilines is 1. The summed E-state index contributed by atoms with van der Waals surface area (Å²) in [6.45, 7) is 3.99. The fourth-order valence-corrected chi connectivity index (χ4v) is 4.00. The first-order valence-corrected chi connectivity index (χ1v) is 11.7. The molecular formula is C25H36N4O3. The second-order valence-corrected chi connectivity index (χ2v) is 8.27. The first-order valence-electron chi connectivity index (χ1n) is 11.7. The van der Waals surface area contributed by atoms with E-state index in [1.807, 2.05) is 30.3 Å². The number of nitrogens with zero attached hydrogens (tertiary/aromatic N) is 2. The number of fused-ring (bicyclic) bond motifs is 1. The molecule has 32 heavy (non-hydrogen) atoms. The van der Waals surface area contributed by atoms with Crippen LogP contribution in [0.15, 0.2) is 42.5 Å². The molecule has 2 heterocycles. The third kappa shape index (κ3) is 7.80. The van der Waals surface area contributed by atoms with Crippen molar-refractivity contribution in [3.8, 4) is 5.75 Å². The van der Waals surface area contributed by atoms with E-state index in [9.17, 15) is 9.90 Å². The SMILES string of the molecule is CNC(CCN(CCCCc1ccc2c(n1)NCCC2)CCOc1ccccc1)C(=O)O. The van der Waals surface area contributed by atoms with E-state index in [-0.39, 0.29) is 0 Å². The van der Waals surface area contributed by atoms with Gasteiger partial charge in [0.25, 0.3) is 0 Å². The van der Waals surface area contributed by atoms with Crippen LogP contribution in [0.5, 0.6) is 5.75 Å². The molecule has 2 aromatic rings. The van der Waals surface area contributed by atoms with E-state index in [4.69, 9.17) is 9.72 Å². The minimum absolute atomic E-state index is 0.528. The number of carbonyl (C=O) groups is 1. The van der Waals surface area contributed by atoms with Crippen LogP contribution in [-0.4, -0.2) is 66.8 Å². The van der Waals surface area contributed by atoms with Crippen LogP contribution in [-0.2, 0) is 17.6 Å². The van der Waals surface area contributed by atoms with Crippen LogP contribution in [0.1, 0.15) is 36.9 Å². The number of hydrogen-bond acceptors (Lipinski definition) is 6. The number of unbranched alkanes of at least 4 members (excludes halogenated alkanes) is 1. The Morgan fingerprint density at radius 2 is 2.03 bits per heavy atom. The van der Waals surface area contributed by atoms with Crippen LogP contribution >= 0.6 is 0 Å². The highest BCUT2D eigenvalue weighted by atomic mass is 16.5. The van der Waals surface area contributed by atoms with E-state index in [2.05, 4.69) is 27.7 Å². The summed E-state index contributed by atoms with van der Waals surface area (Å²) in [7, 11) is 1.70. The maximum atomic E-state index is 11.3. The molecule has 3 rings (SSSR count). The topological polar surface area (TPSA) is 86.7 Å². The van der Waals surface area contributed by atoms with Gasteiger partial charge in [0.15, 0.2) is 0 Å². The molecule has 7 heteroatoms. The number of pyridine rings is 1. The zero-order valence-electron chi connectivity index (χ0n) is 19.1. The predicted octanol–water partition coefficient (Wildman–Crippen LogP) is 3.21. The molecule has 1 aliphatic rings. The van der Waals surface area contributed by atoms with Crippen LogP contribution < -0.4 is 15.4 Å². The molecule has 1 atom stereocenters. The zero-order valence-corrected chi connectivity index (χ0v) is 19.1. The summed E-state index contributed by atoms with van der Waals surface area (Å²) in [5.41, 5.74) is 2.46. The number of nitrogens with one attached hydrogen (secondary N) is 2. The number of likely N-dealkylation sites (N-methyl/N-ethyl adjacent to an activating group) is 1. The lowest BCUT2D eigenvalue weighted by Crippen LogP contribution is -2.39. The van der Waals surface area contributed by atoms with Crippen molar-refractivity contribution in [3.05, 3.63) is 53.7 Å². The van der Waals surface area contributed by atoms with Crippen molar-refractivity contribution in [3.63, 3.8) is 0 Å². The van der Waals surface area contributed by atoms with E-state index >= 15 is 0 Å². The Bertz CT molecular complexity index is 831. The van der Waals surface area contributed by atoms with Crippen LogP contribution in [0.2, 0.25) is 0 Å². The lowest BCUT2D eigenvalue weighted by molar-refractivity contribution is -0.139. The third-order valence-corrected chi connectivity index (χ3v) is 5.91. The number of rotatable bonds is 14. The molecule has 0 saturated heterocycles. The van der Waals surface area contributed by atoms with Gasteiger partial charge in [0.1, 0.15) is 24.2 Å². The Labute approximate surface area is 191 Å². The van der Waals surface area contributed by atoms with Gasteiger partial charge < -0.3 is 20.5 Å². The molecular weight excluding hydrogens is 404 g/mol. The average Bonchev–Trinajstić information content (AvgIpc) is 2.82. The van der Waals surface area contributed by atoms with Crippen LogP contribution in [0.25, 0.3) is 0 Å². The van der Waals surface area contributed by atoms with Gasteiger partial charge in [0.2, 0.25) is 0 Å². The van der Waals surface area contributed by atoms with Crippen molar-refractivity contribution in [2.75, 3.05) is 45.2 Å². The van der Waals surface area contributed by atoms with Gasteiger partial charge in [0.05, 0.1) is 0 Å². The van der Waals surface area contributed by atoms with Gasteiger partial charge in [-0.05, 0) is 75.9 Å². The number of benzene rings is 1. The molecule has 7 nitrogen and oxygen atoms in total. The zero-order chi connectivity index (χ0) is 22.6. The highest BCUT2D eigenvalue weighted by molar-refractivity contribution is 5.73. The van der Waals surface area contributed by atoms with Gasteiger partial charge in [-0.2, -0.15) is 0 Å². The molecule has 0 radical (unpaired) electrons. The van der Waals surface area contributed by atoms with E-state index in [0.717, 1.165) is 69.1 Å². The molecule has 0 bridgehead atoms. The van der Waals surface area contributed by atoms with Gasteiger partial charge in [-0.1, -0.05) is 24.3 Å². The molecule has 1 aromatic heterocycles. The molecule has 0 spiro atoms. The quantitative estimate of drug-likeness (QED) is 0.389. The molecule has 0 saturated carbocycles. The van der Waals surface area contributed by atoms with Crippen molar-refractivity contribution in [2.24, 2.45) is 0 Å². The molecule has 1 aliphatic heterocycles. The van der Waals surface area contributed by atoms with Crippen LogP contribution in [0, 0.1) is 0 Å². The van der Waals surface area contributed by atoms with Crippen molar-refractivity contribution >= 4 is 11.8 Å². The van der Waals surface area contributed by atoms with E-state index in [1.165, 1.54) is 12.0 Å². The highest BCUT2D eigenvalue weighted by Crippen LogP contribution is 2.20. The van der Waals surface area contributed by atoms with Gasteiger partial charge in [-0.15, -0.1) is 0 Å². The number of hydrogen-bond donors (Lipinski definition) is 3. The Balaban J connectivity index is 1.45. The summed E-state index contributed by atoms with van der Waals surface area (Å²) in [4.78, 5) is 18.4. The van der Waals surface area contributed by atoms with Crippen molar-refractivity contribution in [1.29, 1.82) is 0 Å². The standard InChI is InChI=1S/C25H36N4O3/c1-26-23(25(30)31)14-17-29(18-19-32-22-10-3-2-4-11-22)16-6-5-9-21-13-12-20-8-7-15-27-24(20)28-21/h2-4,10-13,23,26H,5-9,14-19H2,1H3,(H,27,28)(H,30,31). The van der Waals surface area contributed by atoms with Crippen LogP contribution in [0.4, 0.5) is 5.82 Å². The number of aromatic nitrogens is 1. The number of aryl methyl sites for hydroxylation is 2. The second-order valence-electron chi connectivity index (χ2n) is 8.27. The minimum atomic E-state index is -0.805. The van der Waals surface area contributed by atoms with Crippen LogP contribution in [0.3, 0.4) is 0 Å². The number of carboxylic acid groups (broad SMARTS) is 1. The third-order valence-electron chi connectivity index (χ3n) is 5.91. The first kappa shape index (κ1) is 24.0. The second kappa shape index (κ2) is 13.0. The minimum Gasteiger partial charge on any atom is -0.492 e. The first-order chi connectivity index (χ1) is 15.7. The summed E-state index contributed by atoms with van der Waals surface area (Å²) in [5.74, 6) is 1.11. The predicted molar refractivity (Wildman–Crippen MR) is 127 cm³/mol. The van der Waals surface area contributed by atoms with E-state index in [1.54, 1.807) is 7.05 Å². The molecule has 0 amide bonds. The van der Waals surface area contributed by atoms with Crippen molar-refractivity contribution in [2.45, 2.75) is 44.6 Å². The normalized spacial score (nSPS) is 13.9. The lowest BCUT2D eigenvalue weighted by atomic mass is 10.1. The Morgan fingerprint density at radius 1 is 1.19 bits per heavy atom. The van der Waals surface area contributed by atoms with Gasteiger partial charge in [0, 0.05) is 25.3 Å². The summed E-state index contributed by atoms with van der Waals surface area (Å²) in [6, 6.07) is 13.6. The maximum Gasteiger partial charge on any atom is 0.320 e. The summed E-state index contributed by atoms with van der Waals surface area (Å²) in [5, 5.41) is 15.6. The number of carboxylic acids is 1. The number of aliphatic carboxylic acids is 1. The van der Waals surface area contributed by atoms with E-state index in [0.29, 0.717) is 13.0 Å². The number of para-hydroxylation sites is 1. The van der Waals surface area contributed by atoms with Gasteiger partial charge in [-0.3, -0.25) is 9.69 Å². The van der Waals surface area contributed by atoms with E-state index < -0.39 is 12.0 Å². The monoisotopic (exact) mass is 440 g/mol.